The van der Waals surface area contributed by atoms with Crippen LogP contribution in [0.1, 0.15) is 27.9 Å². The number of hydrogen-bond acceptors (Lipinski definition) is 6. The predicted octanol–water partition coefficient (Wildman–Crippen LogP) is 2.04. The van der Waals surface area contributed by atoms with Crippen molar-refractivity contribution in [2.45, 2.75) is 26.6 Å². The lowest BCUT2D eigenvalue weighted by Gasteiger charge is -2.27. The lowest BCUT2D eigenvalue weighted by molar-refractivity contribution is 0.0341. The number of pyridine rings is 1. The van der Waals surface area contributed by atoms with Crippen LogP contribution in [0, 0.1) is 6.92 Å². The maximum Gasteiger partial charge on any atom is 0.145 e. The fourth-order valence-electron chi connectivity index (χ4n) is 3.02. The van der Waals surface area contributed by atoms with Crippen LogP contribution in [0.5, 0.6) is 5.75 Å². The Balaban J connectivity index is 1.74. The van der Waals surface area contributed by atoms with E-state index in [9.17, 15) is 10.2 Å². The monoisotopic (exact) mass is 355 g/mol. The Kier molecular flexibility index (Phi) is 6.33. The van der Waals surface area contributed by atoms with Crippen LogP contribution in [0.2, 0.25) is 0 Å². The van der Waals surface area contributed by atoms with Crippen molar-refractivity contribution in [3.05, 3.63) is 58.4 Å². The van der Waals surface area contributed by atoms with Crippen molar-refractivity contribution < 1.29 is 14.9 Å². The third-order valence-electron chi connectivity index (χ3n) is 4.63. The van der Waals surface area contributed by atoms with Crippen molar-refractivity contribution in [2.24, 2.45) is 4.99 Å². The van der Waals surface area contributed by atoms with Crippen LogP contribution >= 0.6 is 0 Å². The Labute approximate surface area is 153 Å². The number of aryl methyl sites for hydroxylation is 1. The third-order valence-corrected chi connectivity index (χ3v) is 4.63. The molecule has 6 heteroatoms. The first-order valence-corrected chi connectivity index (χ1v) is 8.84. The van der Waals surface area contributed by atoms with Crippen LogP contribution in [-0.2, 0) is 24.4 Å². The number of benzene rings is 1. The molecule has 1 aliphatic rings. The number of hydrogen-bond donors (Lipinski definition) is 2. The summed E-state index contributed by atoms with van der Waals surface area (Å²) < 4.78 is 5.41. The molecule has 0 spiro atoms. The third kappa shape index (κ3) is 4.46. The Morgan fingerprint density at radius 2 is 1.92 bits per heavy atom. The van der Waals surface area contributed by atoms with E-state index in [0.29, 0.717) is 23.4 Å². The first-order valence-electron chi connectivity index (χ1n) is 8.84. The molecule has 0 atom stereocenters. The van der Waals surface area contributed by atoms with Gasteiger partial charge >= 0.3 is 0 Å². The molecule has 1 fully saturated rings. The van der Waals surface area contributed by atoms with E-state index in [0.717, 1.165) is 38.4 Å². The number of aromatic hydroxyl groups is 1. The van der Waals surface area contributed by atoms with E-state index in [1.165, 1.54) is 5.56 Å². The number of ether oxygens (including phenoxy) is 1. The number of rotatable bonds is 6. The van der Waals surface area contributed by atoms with Crippen molar-refractivity contribution in [2.75, 3.05) is 26.3 Å². The first kappa shape index (κ1) is 18.5. The number of aromatic nitrogens is 1. The highest BCUT2D eigenvalue weighted by atomic mass is 16.5. The highest BCUT2D eigenvalue weighted by Crippen LogP contribution is 2.22. The molecule has 2 N–H and O–H groups in total. The summed E-state index contributed by atoms with van der Waals surface area (Å²) in [5, 5.41) is 19.6. The molecule has 2 aromatic rings. The normalized spacial score (nSPS) is 15.6. The summed E-state index contributed by atoms with van der Waals surface area (Å²) in [4.78, 5) is 11.0. The largest absolute Gasteiger partial charge is 0.505 e. The second-order valence-electron chi connectivity index (χ2n) is 6.42. The van der Waals surface area contributed by atoms with Crippen molar-refractivity contribution in [3.8, 4) is 5.75 Å². The lowest BCUT2D eigenvalue weighted by Crippen LogP contribution is -2.35. The van der Waals surface area contributed by atoms with Gasteiger partial charge in [-0.2, -0.15) is 0 Å². The van der Waals surface area contributed by atoms with Gasteiger partial charge < -0.3 is 14.9 Å². The topological polar surface area (TPSA) is 78.2 Å². The number of aliphatic imine (C=N–C) groups is 1. The van der Waals surface area contributed by atoms with E-state index >= 15 is 0 Å². The first-order chi connectivity index (χ1) is 12.7. The van der Waals surface area contributed by atoms with Crippen molar-refractivity contribution in [3.63, 3.8) is 0 Å². The number of nitrogens with zero attached hydrogens (tertiary/aromatic N) is 3. The molecule has 0 bridgehead atoms. The minimum Gasteiger partial charge on any atom is -0.505 e. The Hall–Kier alpha value is -2.28. The molecule has 26 heavy (non-hydrogen) atoms. The summed E-state index contributed by atoms with van der Waals surface area (Å²) in [6, 6.07) is 8.27. The van der Waals surface area contributed by atoms with Crippen LogP contribution < -0.4 is 0 Å². The van der Waals surface area contributed by atoms with E-state index in [1.54, 1.807) is 19.3 Å². The maximum absolute atomic E-state index is 10.2. The molecule has 2 heterocycles. The van der Waals surface area contributed by atoms with Crippen molar-refractivity contribution >= 4 is 6.21 Å². The Morgan fingerprint density at radius 1 is 1.19 bits per heavy atom. The predicted molar refractivity (Wildman–Crippen MR) is 100 cm³/mol. The average Bonchev–Trinajstić information content (AvgIpc) is 2.67. The van der Waals surface area contributed by atoms with Gasteiger partial charge in [-0.25, -0.2) is 0 Å². The Bertz CT molecular complexity index is 771. The smallest absolute Gasteiger partial charge is 0.145 e. The number of morpholine rings is 1. The molecular formula is C20H25N3O3. The zero-order chi connectivity index (χ0) is 18.4. The minimum atomic E-state index is -0.185. The number of aliphatic hydroxyl groups excluding tert-OH is 1. The molecule has 138 valence electrons. The second kappa shape index (κ2) is 8.89. The second-order valence-corrected chi connectivity index (χ2v) is 6.42. The van der Waals surface area contributed by atoms with Crippen molar-refractivity contribution in [1.82, 2.24) is 9.88 Å². The van der Waals surface area contributed by atoms with Gasteiger partial charge in [-0.3, -0.25) is 14.9 Å². The van der Waals surface area contributed by atoms with Gasteiger partial charge in [-0.05, 0) is 18.1 Å². The molecule has 0 saturated carbocycles. The van der Waals surface area contributed by atoms with Crippen molar-refractivity contribution in [1.29, 1.82) is 0 Å². The molecule has 1 aromatic carbocycles. The zero-order valence-electron chi connectivity index (χ0n) is 15.1. The van der Waals surface area contributed by atoms with Crippen LogP contribution in [0.4, 0.5) is 0 Å². The summed E-state index contributed by atoms with van der Waals surface area (Å²) in [5.41, 5.74) is 4.04. The van der Waals surface area contributed by atoms with Gasteiger partial charge in [0.1, 0.15) is 5.75 Å². The SMILES string of the molecule is Cc1ncc(CO)c(C=NCc2ccccc2CN2CCOCC2)c1O. The molecular weight excluding hydrogens is 330 g/mol. The van der Waals surface area contributed by atoms with Gasteiger partial charge in [-0.15, -0.1) is 0 Å². The van der Waals surface area contributed by atoms with Gasteiger partial charge in [0.15, 0.2) is 0 Å². The van der Waals surface area contributed by atoms with E-state index in [4.69, 9.17) is 4.74 Å². The van der Waals surface area contributed by atoms with Gasteiger partial charge in [-0.1, -0.05) is 24.3 Å². The van der Waals surface area contributed by atoms with E-state index in [2.05, 4.69) is 27.0 Å². The maximum atomic E-state index is 10.2. The summed E-state index contributed by atoms with van der Waals surface area (Å²) in [7, 11) is 0. The average molecular weight is 355 g/mol. The standard InChI is InChI=1S/C20H25N3O3/c1-15-20(25)19(18(14-24)11-22-15)12-21-10-16-4-2-3-5-17(16)13-23-6-8-26-9-7-23/h2-5,11-12,24-25H,6-10,13-14H2,1H3. The van der Waals surface area contributed by atoms with E-state index < -0.39 is 0 Å². The van der Waals surface area contributed by atoms with Gasteiger partial charge in [0.2, 0.25) is 0 Å². The summed E-state index contributed by atoms with van der Waals surface area (Å²) in [6.45, 7) is 6.41. The Morgan fingerprint density at radius 3 is 2.65 bits per heavy atom. The molecule has 1 aromatic heterocycles. The lowest BCUT2D eigenvalue weighted by atomic mass is 10.1. The van der Waals surface area contributed by atoms with Gasteiger partial charge in [0, 0.05) is 43.2 Å². The quantitative estimate of drug-likeness (QED) is 0.776. The highest BCUT2D eigenvalue weighted by molar-refractivity contribution is 5.85. The van der Waals surface area contributed by atoms with Gasteiger partial charge in [0.25, 0.3) is 0 Å². The molecule has 0 amide bonds. The fraction of sp³-hybridized carbons (Fsp3) is 0.400. The summed E-state index contributed by atoms with van der Waals surface area (Å²) in [6.07, 6.45) is 3.20. The molecule has 6 nitrogen and oxygen atoms in total. The van der Waals surface area contributed by atoms with Crippen LogP contribution in [0.25, 0.3) is 0 Å². The molecule has 0 radical (unpaired) electrons. The molecule has 0 aliphatic carbocycles. The minimum absolute atomic E-state index is 0.0712. The van der Waals surface area contributed by atoms with E-state index in [-0.39, 0.29) is 12.4 Å². The number of aliphatic hydroxyl groups is 1. The van der Waals surface area contributed by atoms with Crippen LogP contribution in [-0.4, -0.2) is 52.6 Å². The molecule has 0 unspecified atom stereocenters. The molecule has 3 rings (SSSR count). The van der Waals surface area contributed by atoms with Gasteiger partial charge in [0.05, 0.1) is 32.1 Å². The molecule has 1 saturated heterocycles. The van der Waals surface area contributed by atoms with E-state index in [1.807, 2.05) is 12.1 Å². The molecule has 1 aliphatic heterocycles. The summed E-state index contributed by atoms with van der Waals surface area (Å²) >= 11 is 0. The zero-order valence-corrected chi connectivity index (χ0v) is 15.1. The highest BCUT2D eigenvalue weighted by Gasteiger charge is 2.13. The van der Waals surface area contributed by atoms with Crippen LogP contribution in [0.15, 0.2) is 35.5 Å². The summed E-state index contributed by atoms with van der Waals surface area (Å²) in [5.74, 6) is 0.0712. The fourth-order valence-corrected chi connectivity index (χ4v) is 3.02. The van der Waals surface area contributed by atoms with Crippen LogP contribution in [0.3, 0.4) is 0 Å².